The van der Waals surface area contributed by atoms with Crippen molar-refractivity contribution in [3.05, 3.63) is 122 Å². The fourth-order valence-corrected chi connectivity index (χ4v) is 9.26. The summed E-state index contributed by atoms with van der Waals surface area (Å²) in [6.45, 7) is 5.03. The molecule has 4 aliphatic rings. The van der Waals surface area contributed by atoms with Gasteiger partial charge in [-0.25, -0.2) is 18.0 Å². The molecule has 6 atom stereocenters. The number of amides is 1. The summed E-state index contributed by atoms with van der Waals surface area (Å²) in [7, 11) is 3.06. The largest absolute Gasteiger partial charge is 0.510 e. The molecular formula is C43H42F3N5O11. The molecule has 16 nitrogen and oxygen atoms in total. The highest BCUT2D eigenvalue weighted by Crippen LogP contribution is 2.56. The van der Waals surface area contributed by atoms with E-state index in [2.05, 4.69) is 5.32 Å². The molecule has 1 amide bonds. The Balaban J connectivity index is 0.000000187. The lowest BCUT2D eigenvalue weighted by Gasteiger charge is -2.52. The average Bonchev–Trinajstić information content (AvgIpc) is 3.18. The Labute approximate surface area is 350 Å². The summed E-state index contributed by atoms with van der Waals surface area (Å²) >= 11 is 0. The lowest BCUT2D eigenvalue weighted by atomic mass is 9.55. The van der Waals surface area contributed by atoms with E-state index in [0.717, 1.165) is 29.0 Å². The normalized spacial score (nSPS) is 25.9. The van der Waals surface area contributed by atoms with Crippen molar-refractivity contribution in [2.75, 3.05) is 38.6 Å². The number of carboxylic acids is 1. The average molecular weight is 862 g/mol. The zero-order valence-electron chi connectivity index (χ0n) is 33.6. The summed E-state index contributed by atoms with van der Waals surface area (Å²) in [6.07, 6.45) is 0.778. The van der Waals surface area contributed by atoms with Gasteiger partial charge in [-0.3, -0.25) is 24.1 Å². The van der Waals surface area contributed by atoms with Crippen molar-refractivity contribution in [1.82, 2.24) is 14.8 Å². The highest BCUT2D eigenvalue weighted by molar-refractivity contribution is 6.25. The van der Waals surface area contributed by atoms with Crippen molar-refractivity contribution in [2.24, 2.45) is 17.6 Å². The number of likely N-dealkylation sites (N-methyl/N-ethyl adjacent to an activating group) is 1. The standard InChI is InChI=1S/C22H24N2O8.C21H18F3N3O3/c1-21(31)8-5-4-6-11(25)12(8)16(26)13-9(21)7-10-15(24(2)3)17(27)14(20(23)30)19(29)22(10,32)18(13)28;1-11-9-26(5-4-25-11)19-8-18-13(7-16(19)24)20(28)14(21(29)30)10-27(18)17-3-2-12(22)6-15(17)23/h4-6,9-10,15,25,27-28,31-32H,7H2,1-3H3,(H2,23,30);2-3,6-8,10-11,25H,4-5,9H2,1H3,(H,29,30)/t9-,10-,15-,21+,22-;/m0./s1. The highest BCUT2D eigenvalue weighted by atomic mass is 19.1. The number of carboxylic acid groups (broad SMARTS) is 1. The lowest BCUT2D eigenvalue weighted by molar-refractivity contribution is -0.151. The van der Waals surface area contributed by atoms with Crippen LogP contribution in [0.15, 0.2) is 82.2 Å². The predicted molar refractivity (Wildman–Crippen MR) is 216 cm³/mol. The Morgan fingerprint density at radius 3 is 2.26 bits per heavy atom. The Morgan fingerprint density at radius 1 is 0.968 bits per heavy atom. The SMILES string of the molecule is CC1CN(c2cc3c(cc2F)c(=O)c(C(=O)O)cn3-c2ccc(F)cc2F)CCN1.CN(C)[C@@H]1C(O)=C(C(N)=O)C(=O)[C@@]2(O)C(O)=C3C(=O)c4c(O)cccc4[C@@](C)(O)[C@H]3C[C@@H]12. The van der Waals surface area contributed by atoms with Gasteiger partial charge >= 0.3 is 5.97 Å². The van der Waals surface area contributed by atoms with Gasteiger partial charge in [0.25, 0.3) is 5.91 Å². The number of hydrogen-bond acceptors (Lipinski definition) is 13. The fraction of sp³-hybridized carbons (Fsp3) is 0.326. The van der Waals surface area contributed by atoms with E-state index in [0.29, 0.717) is 25.7 Å². The van der Waals surface area contributed by atoms with E-state index in [1.165, 1.54) is 50.2 Å². The summed E-state index contributed by atoms with van der Waals surface area (Å²) in [4.78, 5) is 65.9. The smallest absolute Gasteiger partial charge is 0.341 e. The first-order valence-electron chi connectivity index (χ1n) is 19.3. The third-order valence-corrected chi connectivity index (χ3v) is 12.2. The molecule has 8 rings (SSSR count). The molecule has 1 aromatic heterocycles. The number of carbonyl (C=O) groups is 4. The number of nitrogens with one attached hydrogen (secondary N) is 1. The summed E-state index contributed by atoms with van der Waals surface area (Å²) in [5.41, 5.74) is -1.99. The number of aromatic hydroxyl groups is 1. The molecule has 19 heteroatoms. The molecule has 3 aliphatic carbocycles. The number of anilines is 1. The molecule has 0 spiro atoms. The van der Waals surface area contributed by atoms with E-state index in [-0.39, 0.29) is 45.9 Å². The van der Waals surface area contributed by atoms with Crippen LogP contribution in [0, 0.1) is 29.3 Å². The number of carbonyl (C=O) groups excluding carboxylic acids is 3. The predicted octanol–water partition coefficient (Wildman–Crippen LogP) is 2.69. The maximum atomic E-state index is 14.9. The number of primary amides is 1. The van der Waals surface area contributed by atoms with Gasteiger partial charge in [0.2, 0.25) is 11.2 Å². The van der Waals surface area contributed by atoms with Crippen molar-refractivity contribution >= 4 is 40.0 Å². The van der Waals surface area contributed by atoms with Gasteiger partial charge in [-0.05, 0) is 70.3 Å². The summed E-state index contributed by atoms with van der Waals surface area (Å²) in [5.74, 6) is -11.8. The molecule has 0 radical (unpaired) electrons. The summed E-state index contributed by atoms with van der Waals surface area (Å²) in [5, 5.41) is 67.5. The van der Waals surface area contributed by atoms with Gasteiger partial charge < -0.3 is 51.2 Å². The van der Waals surface area contributed by atoms with Crippen LogP contribution >= 0.6 is 0 Å². The van der Waals surface area contributed by atoms with E-state index >= 15 is 0 Å². The molecular weight excluding hydrogens is 819 g/mol. The number of pyridine rings is 1. The van der Waals surface area contributed by atoms with Crippen molar-refractivity contribution in [3.8, 4) is 11.4 Å². The number of Topliss-reactive ketones (excluding diaryl/α,β-unsaturated/α-hetero) is 2. The van der Waals surface area contributed by atoms with E-state index < -0.39 is 109 Å². The number of benzene rings is 3. The van der Waals surface area contributed by atoms with Gasteiger partial charge in [0, 0.05) is 60.7 Å². The number of nitrogens with two attached hydrogens (primary N) is 1. The van der Waals surface area contributed by atoms with Gasteiger partial charge in [0.15, 0.2) is 11.4 Å². The first kappa shape index (κ1) is 43.5. The van der Waals surface area contributed by atoms with Crippen molar-refractivity contribution in [1.29, 1.82) is 0 Å². The number of aliphatic hydroxyl groups excluding tert-OH is 2. The molecule has 9 N–H and O–H groups in total. The summed E-state index contributed by atoms with van der Waals surface area (Å²) < 4.78 is 44.0. The number of aliphatic hydroxyl groups is 4. The zero-order valence-corrected chi connectivity index (χ0v) is 33.6. The summed E-state index contributed by atoms with van der Waals surface area (Å²) in [6, 6.07) is 8.35. The van der Waals surface area contributed by atoms with E-state index in [9.17, 15) is 67.8 Å². The maximum absolute atomic E-state index is 14.9. The first-order chi connectivity index (χ1) is 29.0. The number of aromatic carboxylic acids is 1. The van der Waals surface area contributed by atoms with Crippen LogP contribution < -0.4 is 21.4 Å². The first-order valence-corrected chi connectivity index (χ1v) is 19.3. The number of rotatable bonds is 5. The lowest BCUT2D eigenvalue weighted by Crippen LogP contribution is -2.65. The highest BCUT2D eigenvalue weighted by Gasteiger charge is 2.65. The number of hydrogen-bond donors (Lipinski definition) is 8. The Morgan fingerprint density at radius 2 is 1.65 bits per heavy atom. The van der Waals surface area contributed by atoms with Crippen LogP contribution in [0.3, 0.4) is 0 Å². The topological polar surface area (TPSA) is 256 Å². The van der Waals surface area contributed by atoms with Crippen molar-refractivity contribution in [3.63, 3.8) is 0 Å². The third kappa shape index (κ3) is 6.68. The van der Waals surface area contributed by atoms with Crippen LogP contribution in [0.4, 0.5) is 18.9 Å². The van der Waals surface area contributed by atoms with Crippen molar-refractivity contribution in [2.45, 2.75) is 43.6 Å². The molecule has 1 saturated heterocycles. The number of fused-ring (bicyclic) bond motifs is 4. The van der Waals surface area contributed by atoms with Crippen LogP contribution in [0.25, 0.3) is 16.6 Å². The fourth-order valence-electron chi connectivity index (χ4n) is 9.26. The minimum atomic E-state index is -2.75. The molecule has 1 aliphatic heterocycles. The third-order valence-electron chi connectivity index (χ3n) is 12.2. The second-order valence-corrected chi connectivity index (χ2v) is 16.2. The van der Waals surface area contributed by atoms with Gasteiger partial charge in [-0.2, -0.15) is 0 Å². The van der Waals surface area contributed by atoms with Gasteiger partial charge in [0.1, 0.15) is 45.9 Å². The number of phenolic OH excluding ortho intramolecular Hbond substituents is 1. The van der Waals surface area contributed by atoms with E-state index in [1.54, 1.807) is 4.90 Å². The molecule has 1 unspecified atom stereocenters. The van der Waals surface area contributed by atoms with Crippen LogP contribution in [0.1, 0.15) is 46.5 Å². The quantitative estimate of drug-likeness (QED) is 0.134. The molecule has 3 aromatic carbocycles. The maximum Gasteiger partial charge on any atom is 0.341 e. The van der Waals surface area contributed by atoms with E-state index in [4.69, 9.17) is 5.73 Å². The van der Waals surface area contributed by atoms with Crippen LogP contribution in [0.5, 0.6) is 5.75 Å². The van der Waals surface area contributed by atoms with Crippen molar-refractivity contribution < 1.29 is 63.0 Å². The Bertz CT molecular complexity index is 2750. The number of ketones is 2. The van der Waals surface area contributed by atoms with Crippen LogP contribution in [-0.4, -0.2) is 115 Å². The van der Waals surface area contributed by atoms with Gasteiger partial charge in [-0.15, -0.1) is 0 Å². The minimum absolute atomic E-state index is 0.111. The molecule has 62 heavy (non-hydrogen) atoms. The number of halogens is 3. The van der Waals surface area contributed by atoms with E-state index in [1.807, 2.05) is 6.92 Å². The van der Waals surface area contributed by atoms with Gasteiger partial charge in [-0.1, -0.05) is 12.1 Å². The molecule has 1 fully saturated rings. The second-order valence-electron chi connectivity index (χ2n) is 16.2. The molecule has 0 saturated carbocycles. The molecule has 0 bridgehead atoms. The van der Waals surface area contributed by atoms with Crippen LogP contribution in [-0.2, 0) is 15.2 Å². The minimum Gasteiger partial charge on any atom is -0.510 e. The molecule has 4 aromatic rings. The number of piperazine rings is 1. The monoisotopic (exact) mass is 861 g/mol. The number of aromatic nitrogens is 1. The Kier molecular flexibility index (Phi) is 10.8. The second kappa shape index (κ2) is 15.4. The Hall–Kier alpha value is -6.54. The number of nitrogens with zero attached hydrogens (tertiary/aromatic N) is 3. The zero-order chi connectivity index (χ0) is 45.5. The van der Waals surface area contributed by atoms with Gasteiger partial charge in [0.05, 0.1) is 34.1 Å². The number of phenols is 1. The van der Waals surface area contributed by atoms with Crippen LogP contribution in [0.2, 0.25) is 0 Å². The molecule has 2 heterocycles. The molecule has 326 valence electrons.